The molecule has 0 radical (unpaired) electrons. The summed E-state index contributed by atoms with van der Waals surface area (Å²) >= 11 is 0. The average Bonchev–Trinajstić information content (AvgIpc) is 3.18. The molecule has 1 amide bonds. The molecule has 4 rings (SSSR count). The van der Waals surface area contributed by atoms with E-state index in [2.05, 4.69) is 15.4 Å². The molecule has 0 saturated heterocycles. The van der Waals surface area contributed by atoms with Crippen LogP contribution in [-0.4, -0.2) is 38.3 Å². The van der Waals surface area contributed by atoms with Gasteiger partial charge >= 0.3 is 0 Å². The van der Waals surface area contributed by atoms with E-state index in [1.807, 2.05) is 0 Å². The van der Waals surface area contributed by atoms with E-state index in [1.165, 1.54) is 34.8 Å². The molecule has 4 N–H and O–H groups in total. The number of aliphatic hydroxyl groups excluding tert-OH is 1. The maximum Gasteiger partial charge on any atom is 0.254 e. The third-order valence-corrected chi connectivity index (χ3v) is 5.53. The molecule has 34 heavy (non-hydrogen) atoms. The van der Waals surface area contributed by atoms with Crippen molar-refractivity contribution < 1.29 is 23.1 Å². The number of benzene rings is 2. The van der Waals surface area contributed by atoms with Crippen molar-refractivity contribution in [3.8, 4) is 11.1 Å². The van der Waals surface area contributed by atoms with E-state index in [0.29, 0.717) is 22.3 Å². The Morgan fingerprint density at radius 3 is 2.62 bits per heavy atom. The summed E-state index contributed by atoms with van der Waals surface area (Å²) in [5.41, 5.74) is 7.13. The predicted molar refractivity (Wildman–Crippen MR) is 121 cm³/mol. The second kappa shape index (κ2) is 9.52. The molecule has 2 aromatic carbocycles. The number of carbonyl (C=O) groups is 1. The summed E-state index contributed by atoms with van der Waals surface area (Å²) in [6, 6.07) is 10.4. The molecule has 0 aliphatic rings. The van der Waals surface area contributed by atoms with Gasteiger partial charge in [0.25, 0.3) is 5.91 Å². The monoisotopic (exact) mass is 469 g/mol. The molecular formula is C24H22F3N5O2. The molecule has 0 bridgehead atoms. The quantitative estimate of drug-likeness (QED) is 0.382. The van der Waals surface area contributed by atoms with E-state index in [4.69, 9.17) is 5.73 Å². The number of aromatic nitrogens is 3. The molecule has 0 unspecified atom stereocenters. The number of amides is 1. The Kier molecular flexibility index (Phi) is 6.51. The number of nitrogens with zero attached hydrogens (tertiary/aromatic N) is 3. The fraction of sp³-hybridized carbons (Fsp3) is 0.208. The molecule has 0 fully saturated rings. The number of anilines is 1. The lowest BCUT2D eigenvalue weighted by Gasteiger charge is -2.20. The highest BCUT2D eigenvalue weighted by atomic mass is 19.1. The number of halogens is 3. The van der Waals surface area contributed by atoms with Crippen molar-refractivity contribution >= 4 is 17.5 Å². The summed E-state index contributed by atoms with van der Waals surface area (Å²) in [5, 5.41) is 16.8. The van der Waals surface area contributed by atoms with E-state index in [-0.39, 0.29) is 23.5 Å². The molecule has 0 spiro atoms. The number of carbonyl (C=O) groups excluding carboxylic acids is 1. The molecule has 0 aliphatic carbocycles. The van der Waals surface area contributed by atoms with Crippen LogP contribution in [0.4, 0.5) is 19.1 Å². The molecule has 0 saturated carbocycles. The number of hydrogen-bond acceptors (Lipinski definition) is 5. The van der Waals surface area contributed by atoms with Gasteiger partial charge in [0.1, 0.15) is 18.3 Å². The third-order valence-electron chi connectivity index (χ3n) is 5.53. The number of aliphatic hydroxyl groups is 1. The Bertz CT molecular complexity index is 1340. The Labute approximate surface area is 193 Å². The zero-order valence-corrected chi connectivity index (χ0v) is 18.2. The van der Waals surface area contributed by atoms with Crippen LogP contribution < -0.4 is 11.1 Å². The number of nitrogens with one attached hydrogen (secondary N) is 1. The fourth-order valence-corrected chi connectivity index (χ4v) is 3.75. The summed E-state index contributed by atoms with van der Waals surface area (Å²) in [6.07, 6.45) is 0.267. The van der Waals surface area contributed by atoms with Gasteiger partial charge in [0.2, 0.25) is 5.95 Å². The molecular weight excluding hydrogens is 447 g/mol. The number of nitrogen functional groups attached to an aromatic ring is 1. The molecule has 4 aromatic rings. The van der Waals surface area contributed by atoms with Gasteiger partial charge in [-0.25, -0.2) is 17.7 Å². The Hall–Kier alpha value is -3.92. The first kappa shape index (κ1) is 23.2. The maximum absolute atomic E-state index is 15.5. The Morgan fingerprint density at radius 1 is 1.18 bits per heavy atom. The second-order valence-corrected chi connectivity index (χ2v) is 7.93. The molecule has 0 aliphatic heterocycles. The summed E-state index contributed by atoms with van der Waals surface area (Å²) in [5.74, 6) is -1.98. The molecule has 176 valence electrons. The minimum Gasteiger partial charge on any atom is -0.388 e. The van der Waals surface area contributed by atoms with Gasteiger partial charge in [-0.15, -0.1) is 5.10 Å². The highest BCUT2D eigenvalue weighted by Gasteiger charge is 2.24. The SMILES string of the molecule is Cc1ccc(-c2ccn3nc(N)nc3c2)c(F)c1C(=O)N[C@H](CF)C[C@H](O)c1ccc(F)cc1. The topological polar surface area (TPSA) is 106 Å². The van der Waals surface area contributed by atoms with Gasteiger partial charge in [-0.3, -0.25) is 4.79 Å². The van der Waals surface area contributed by atoms with Crippen molar-refractivity contribution in [3.63, 3.8) is 0 Å². The molecule has 2 heterocycles. The summed E-state index contributed by atoms with van der Waals surface area (Å²) < 4.78 is 43.7. The van der Waals surface area contributed by atoms with Gasteiger partial charge < -0.3 is 16.2 Å². The van der Waals surface area contributed by atoms with Crippen molar-refractivity contribution in [2.24, 2.45) is 0 Å². The maximum atomic E-state index is 15.5. The molecule has 2 aromatic heterocycles. The number of fused-ring (bicyclic) bond motifs is 1. The van der Waals surface area contributed by atoms with Crippen LogP contribution in [0, 0.1) is 18.6 Å². The lowest BCUT2D eigenvalue weighted by molar-refractivity contribution is 0.0891. The lowest BCUT2D eigenvalue weighted by Crippen LogP contribution is -2.38. The standard InChI is InChI=1S/C24H22F3N5O2/c1-13-2-7-18(15-8-9-32-20(10-15)30-24(28)31-32)22(27)21(13)23(34)29-17(12-25)11-19(33)14-3-5-16(26)6-4-14/h2-10,17,19,33H,11-12H2,1H3,(H2,28,31)(H,29,34)/t17-,19-/m0/s1. The Balaban J connectivity index is 1.57. The number of rotatable bonds is 7. The van der Waals surface area contributed by atoms with Gasteiger partial charge in [-0.1, -0.05) is 24.3 Å². The van der Waals surface area contributed by atoms with Crippen LogP contribution in [0.3, 0.4) is 0 Å². The van der Waals surface area contributed by atoms with E-state index in [9.17, 15) is 18.7 Å². The van der Waals surface area contributed by atoms with Gasteiger partial charge in [0, 0.05) is 18.2 Å². The van der Waals surface area contributed by atoms with Gasteiger partial charge in [0.05, 0.1) is 17.7 Å². The van der Waals surface area contributed by atoms with Crippen LogP contribution in [0.5, 0.6) is 0 Å². The van der Waals surface area contributed by atoms with Crippen molar-refractivity contribution in [1.82, 2.24) is 19.9 Å². The van der Waals surface area contributed by atoms with E-state index >= 15 is 4.39 Å². The first-order valence-electron chi connectivity index (χ1n) is 10.5. The lowest BCUT2D eigenvalue weighted by atomic mass is 9.98. The van der Waals surface area contributed by atoms with Crippen molar-refractivity contribution in [2.45, 2.75) is 25.5 Å². The highest BCUT2D eigenvalue weighted by Crippen LogP contribution is 2.28. The number of pyridine rings is 1. The highest BCUT2D eigenvalue weighted by molar-refractivity contribution is 5.97. The van der Waals surface area contributed by atoms with Crippen molar-refractivity contribution in [2.75, 3.05) is 12.4 Å². The number of nitrogens with two attached hydrogens (primary N) is 1. The molecule has 2 atom stereocenters. The van der Waals surface area contributed by atoms with Gasteiger partial charge in [-0.2, -0.15) is 4.98 Å². The Morgan fingerprint density at radius 2 is 1.91 bits per heavy atom. The van der Waals surface area contributed by atoms with E-state index in [0.717, 1.165) is 0 Å². The zero-order valence-electron chi connectivity index (χ0n) is 18.2. The number of aryl methyl sites for hydroxylation is 1. The first-order chi connectivity index (χ1) is 16.3. The van der Waals surface area contributed by atoms with Crippen LogP contribution in [0.1, 0.15) is 34.0 Å². The van der Waals surface area contributed by atoms with Gasteiger partial charge in [0.15, 0.2) is 5.65 Å². The largest absolute Gasteiger partial charge is 0.388 e. The van der Waals surface area contributed by atoms with Crippen LogP contribution in [0.15, 0.2) is 54.7 Å². The van der Waals surface area contributed by atoms with Crippen LogP contribution in [0.2, 0.25) is 0 Å². The van der Waals surface area contributed by atoms with Crippen LogP contribution in [0.25, 0.3) is 16.8 Å². The third kappa shape index (κ3) is 4.72. The van der Waals surface area contributed by atoms with Crippen LogP contribution >= 0.6 is 0 Å². The van der Waals surface area contributed by atoms with Crippen LogP contribution in [-0.2, 0) is 0 Å². The number of alkyl halides is 1. The smallest absolute Gasteiger partial charge is 0.254 e. The second-order valence-electron chi connectivity index (χ2n) is 7.93. The number of hydrogen-bond donors (Lipinski definition) is 3. The fourth-order valence-electron chi connectivity index (χ4n) is 3.75. The van der Waals surface area contributed by atoms with Gasteiger partial charge in [-0.05, 0) is 47.9 Å². The molecule has 7 nitrogen and oxygen atoms in total. The first-order valence-corrected chi connectivity index (χ1v) is 10.5. The summed E-state index contributed by atoms with van der Waals surface area (Å²) in [7, 11) is 0. The van der Waals surface area contributed by atoms with Crippen molar-refractivity contribution in [3.05, 3.63) is 83.1 Å². The minimum absolute atomic E-state index is 0.0710. The van der Waals surface area contributed by atoms with Crippen molar-refractivity contribution in [1.29, 1.82) is 0 Å². The normalized spacial score (nSPS) is 13.1. The average molecular weight is 469 g/mol. The summed E-state index contributed by atoms with van der Waals surface area (Å²) in [6.45, 7) is 0.595. The van der Waals surface area contributed by atoms with E-state index in [1.54, 1.807) is 31.3 Å². The predicted octanol–water partition coefficient (Wildman–Crippen LogP) is 3.76. The minimum atomic E-state index is -1.14. The zero-order chi connectivity index (χ0) is 24.4. The molecule has 10 heteroatoms. The van der Waals surface area contributed by atoms with E-state index < -0.39 is 36.4 Å². The summed E-state index contributed by atoms with van der Waals surface area (Å²) in [4.78, 5) is 17.0.